The molecule has 0 amide bonds. The summed E-state index contributed by atoms with van der Waals surface area (Å²) in [4.78, 5) is 88.0. The first-order valence-electron chi connectivity index (χ1n) is 46.8. The second kappa shape index (κ2) is 88.2. The Bertz CT molecular complexity index is 2190. The average Bonchev–Trinajstić information content (AvgIpc) is 0.949. The van der Waals surface area contributed by atoms with Gasteiger partial charge in [0, 0.05) is 44.9 Å². The monoisotopic (exact) mass is 1550 g/mol. The summed E-state index contributed by atoms with van der Waals surface area (Å²) in [5.74, 6) is -2.73. The van der Waals surface area contributed by atoms with Crippen LogP contribution in [-0.2, 0) is 62.0 Å². The van der Waals surface area contributed by atoms with E-state index in [4.69, 9.17) is 33.5 Å². The van der Waals surface area contributed by atoms with E-state index in [-0.39, 0.29) is 87.9 Å². The molecule has 640 valence electrons. The van der Waals surface area contributed by atoms with Gasteiger partial charge in [-0.15, -0.1) is 0 Å². The van der Waals surface area contributed by atoms with Crippen LogP contribution in [0, 0.1) is 0 Å². The van der Waals surface area contributed by atoms with Crippen molar-refractivity contribution in [2.24, 2.45) is 0 Å². The van der Waals surface area contributed by atoms with Crippen LogP contribution in [0.3, 0.4) is 0 Å². The lowest BCUT2D eigenvalue weighted by Crippen LogP contribution is -2.30. The van der Waals surface area contributed by atoms with E-state index in [2.05, 4.69) is 69.4 Å². The van der Waals surface area contributed by atoms with Gasteiger partial charge in [0.15, 0.2) is 12.2 Å². The quantitative estimate of drug-likeness (QED) is 0.0261. The fourth-order valence-corrected chi connectivity index (χ4v) is 13.8. The molecule has 0 radical (unpaired) electrons. The molecule has 0 fully saturated rings. The first-order chi connectivity index (χ1) is 54.0. The van der Waals surface area contributed by atoms with Crippen molar-refractivity contribution in [3.63, 3.8) is 0 Å². The highest BCUT2D eigenvalue weighted by Gasteiger charge is 2.22. The molecule has 14 nitrogen and oxygen atoms in total. The highest BCUT2D eigenvalue weighted by atomic mass is 16.6. The summed E-state index contributed by atoms with van der Waals surface area (Å²) in [5, 5.41) is 8.78. The summed E-state index contributed by atoms with van der Waals surface area (Å²) in [7, 11) is 0. The first-order valence-corrected chi connectivity index (χ1v) is 46.8. The molecule has 2 atom stereocenters. The predicted molar refractivity (Wildman–Crippen MR) is 457 cm³/mol. The van der Waals surface area contributed by atoms with Crippen LogP contribution >= 0.6 is 0 Å². The average molecular weight is 1550 g/mol. The van der Waals surface area contributed by atoms with E-state index in [1.54, 1.807) is 0 Å². The molecule has 110 heavy (non-hydrogen) atoms. The lowest BCUT2D eigenvalue weighted by Gasteiger charge is -2.18. The van der Waals surface area contributed by atoms with Gasteiger partial charge in [-0.3, -0.25) is 33.6 Å². The van der Waals surface area contributed by atoms with Gasteiger partial charge in [-0.2, -0.15) is 0 Å². The molecule has 0 aromatic carbocycles. The Hall–Kier alpha value is -4.75. The maximum atomic E-state index is 13.1. The summed E-state index contributed by atoms with van der Waals surface area (Å²) in [6.45, 7) is 6.27. The Kier molecular flexibility index (Phi) is 84.4. The number of ether oxygens (including phenoxy) is 6. The summed E-state index contributed by atoms with van der Waals surface area (Å²) < 4.78 is 34.0. The lowest BCUT2D eigenvalue weighted by molar-refractivity contribution is -0.167. The fraction of sp³-hybridized carbons (Fsp3) is 0.844. The number of allylic oxidation sites excluding steroid dienone is 8. The second-order valence-electron chi connectivity index (χ2n) is 31.9. The molecule has 0 aliphatic carbocycles. The molecule has 1 N–H and O–H groups in total. The van der Waals surface area contributed by atoms with E-state index >= 15 is 0 Å². The van der Waals surface area contributed by atoms with Gasteiger partial charge in [0.1, 0.15) is 26.4 Å². The Morgan fingerprint density at radius 1 is 0.200 bits per heavy atom. The molecular formula is C96H172O14. The third kappa shape index (κ3) is 85.7. The molecule has 0 aromatic rings. The molecule has 0 saturated heterocycles. The molecule has 0 aliphatic rings. The van der Waals surface area contributed by atoms with Crippen molar-refractivity contribution in [1.82, 2.24) is 0 Å². The number of carbonyl (C=O) groups is 7. The Labute approximate surface area is 675 Å². The van der Waals surface area contributed by atoms with Crippen LogP contribution in [0.15, 0.2) is 48.6 Å². The summed E-state index contributed by atoms with van der Waals surface area (Å²) in [6.07, 6.45) is 92.0. The third-order valence-electron chi connectivity index (χ3n) is 20.9. The van der Waals surface area contributed by atoms with Gasteiger partial charge in [0.2, 0.25) is 0 Å². The molecule has 14 heteroatoms. The number of hydrogen-bond donors (Lipinski definition) is 1. The summed E-state index contributed by atoms with van der Waals surface area (Å²) in [5.41, 5.74) is 0. The number of carbonyl (C=O) groups excluding carboxylic acids is 6. The van der Waals surface area contributed by atoms with Crippen molar-refractivity contribution in [1.29, 1.82) is 0 Å². The second-order valence-corrected chi connectivity index (χ2v) is 31.9. The lowest BCUT2D eigenvalue weighted by atomic mass is 10.0. The maximum Gasteiger partial charge on any atom is 0.306 e. The number of rotatable bonds is 88. The highest BCUT2D eigenvalue weighted by Crippen LogP contribution is 2.20. The van der Waals surface area contributed by atoms with E-state index in [0.717, 1.165) is 225 Å². The van der Waals surface area contributed by atoms with Crippen molar-refractivity contribution < 1.29 is 67.1 Å². The number of esters is 6. The van der Waals surface area contributed by atoms with Gasteiger partial charge in [0.05, 0.1) is 0 Å². The topological polar surface area (TPSA) is 195 Å². The van der Waals surface area contributed by atoms with Crippen LogP contribution in [0.25, 0.3) is 0 Å². The Morgan fingerprint density at radius 3 is 0.518 bits per heavy atom. The van der Waals surface area contributed by atoms with Gasteiger partial charge in [0.25, 0.3) is 0 Å². The maximum absolute atomic E-state index is 13.1. The van der Waals surface area contributed by atoms with Crippen molar-refractivity contribution >= 4 is 41.8 Å². The minimum absolute atomic E-state index is 0.116. The standard InChI is InChI=1S/C96H172O14/c1-4-7-10-13-16-19-22-25-28-36-43-50-57-64-71-78-91(99)105-84-88(85-106-92(100)79-72-65-58-51-44-37-29-26-23-20-17-14-11-8-5-2)110-96(104)83-76-69-62-55-48-41-34-33-39-46-53-60-67-74-81-94(102)108-87-89(86-107-93(101)80-73-66-59-52-45-38-30-27-24-21-18-15-12-9-6-3)109-95(103)82-75-68-61-54-47-40-32-31-35-42-49-56-63-70-77-90(97)98/h25,27-28,30-34,88-89H,4-24,26,29,35-87H2,1-3H3,(H,97,98)/b28-25-,30-27-,32-31+,34-33+. The number of carboxylic acids is 1. The van der Waals surface area contributed by atoms with Crippen molar-refractivity contribution in [2.45, 2.75) is 495 Å². The summed E-state index contributed by atoms with van der Waals surface area (Å²) >= 11 is 0. The molecule has 0 bridgehead atoms. The van der Waals surface area contributed by atoms with E-state index < -0.39 is 18.2 Å². The minimum atomic E-state index is -0.849. The van der Waals surface area contributed by atoms with E-state index in [1.165, 1.54) is 173 Å². The molecular weight excluding hydrogens is 1380 g/mol. The molecule has 0 rings (SSSR count). The normalized spacial score (nSPS) is 12.2. The Morgan fingerprint density at radius 2 is 0.345 bits per heavy atom. The van der Waals surface area contributed by atoms with Crippen molar-refractivity contribution in [3.8, 4) is 0 Å². The SMILES string of the molecule is CCCCCCCC/C=C\CCCCCCCC(=O)OCC(COC(=O)CCCCCCC/C=C/CCCCCCCC(=O)OC(COC(=O)CCCCCCC/C=C\CCCCCCCC)COC(=O)CCCCCCCCCCCCCCCCC)OC(=O)CCCCCCC/C=C/CCCCCCCC(=O)O. The zero-order valence-electron chi connectivity index (χ0n) is 71.8. The number of carboxylic acid groups (broad SMARTS) is 1. The third-order valence-corrected chi connectivity index (χ3v) is 20.9. The first kappa shape index (κ1) is 105. The minimum Gasteiger partial charge on any atom is -0.481 e. The molecule has 0 aliphatic heterocycles. The van der Waals surface area contributed by atoms with Crippen molar-refractivity contribution in [3.05, 3.63) is 48.6 Å². The molecule has 0 spiro atoms. The van der Waals surface area contributed by atoms with Crippen LogP contribution in [0.4, 0.5) is 0 Å². The molecule has 0 saturated carbocycles. The number of hydrogen-bond acceptors (Lipinski definition) is 13. The van der Waals surface area contributed by atoms with E-state index in [1.807, 2.05) is 0 Å². The van der Waals surface area contributed by atoms with Crippen LogP contribution in [0.2, 0.25) is 0 Å². The highest BCUT2D eigenvalue weighted by molar-refractivity contribution is 5.72. The van der Waals surface area contributed by atoms with Gasteiger partial charge in [-0.25, -0.2) is 0 Å². The summed E-state index contributed by atoms with van der Waals surface area (Å²) in [6, 6.07) is 0. The van der Waals surface area contributed by atoms with Crippen LogP contribution < -0.4 is 0 Å². The predicted octanol–water partition coefficient (Wildman–Crippen LogP) is 28.4. The largest absolute Gasteiger partial charge is 0.481 e. The van der Waals surface area contributed by atoms with E-state index in [9.17, 15) is 33.6 Å². The van der Waals surface area contributed by atoms with Gasteiger partial charge in [-0.1, -0.05) is 339 Å². The number of aliphatic carboxylic acids is 1. The van der Waals surface area contributed by atoms with Crippen LogP contribution in [-0.4, -0.2) is 85.5 Å². The van der Waals surface area contributed by atoms with Crippen molar-refractivity contribution in [2.75, 3.05) is 26.4 Å². The smallest absolute Gasteiger partial charge is 0.306 e. The Balaban J connectivity index is 4.72. The van der Waals surface area contributed by atoms with Gasteiger partial charge >= 0.3 is 41.8 Å². The molecule has 2 unspecified atom stereocenters. The zero-order valence-corrected chi connectivity index (χ0v) is 71.8. The van der Waals surface area contributed by atoms with Crippen LogP contribution in [0.5, 0.6) is 0 Å². The van der Waals surface area contributed by atoms with Gasteiger partial charge in [-0.05, 0) is 148 Å². The fourth-order valence-electron chi connectivity index (χ4n) is 13.8. The zero-order chi connectivity index (χ0) is 79.8. The van der Waals surface area contributed by atoms with Gasteiger partial charge < -0.3 is 33.5 Å². The molecule has 0 aromatic heterocycles. The van der Waals surface area contributed by atoms with E-state index in [0.29, 0.717) is 38.5 Å². The number of unbranched alkanes of at least 4 members (excludes halogenated alkanes) is 56. The van der Waals surface area contributed by atoms with Crippen LogP contribution in [0.1, 0.15) is 483 Å². The molecule has 0 heterocycles.